The van der Waals surface area contributed by atoms with Crippen LogP contribution in [0.4, 0.5) is 0 Å². The number of carboxylic acid groups (broad SMARTS) is 5. The van der Waals surface area contributed by atoms with Crippen molar-refractivity contribution in [1.82, 2.24) is 21.3 Å². The van der Waals surface area contributed by atoms with Gasteiger partial charge >= 0.3 is 29.8 Å². The second-order valence-corrected chi connectivity index (χ2v) is 11.5. The van der Waals surface area contributed by atoms with Crippen molar-refractivity contribution in [2.75, 3.05) is 23.0 Å². The van der Waals surface area contributed by atoms with Gasteiger partial charge in [0, 0.05) is 23.7 Å². The van der Waals surface area contributed by atoms with Gasteiger partial charge in [-0.05, 0) is 31.4 Å². The third kappa shape index (κ3) is 20.0. The average Bonchev–Trinajstić information content (AvgIpc) is 3.02. The molecule has 0 unspecified atom stereocenters. The zero-order valence-corrected chi connectivity index (χ0v) is 29.3. The maximum atomic E-state index is 12.1. The first kappa shape index (κ1) is 47.7. The molecule has 0 aromatic carbocycles. The van der Waals surface area contributed by atoms with Crippen LogP contribution in [0.25, 0.3) is 0 Å². The van der Waals surface area contributed by atoms with Crippen LogP contribution in [0.2, 0.25) is 0 Å². The minimum Gasteiger partial charge on any atom is -0.481 e. The van der Waals surface area contributed by atoms with E-state index in [1.165, 1.54) is 0 Å². The van der Waals surface area contributed by atoms with Crippen molar-refractivity contribution in [3.63, 3.8) is 0 Å². The van der Waals surface area contributed by atoms with Crippen LogP contribution in [0.5, 0.6) is 0 Å². The Morgan fingerprint density at radius 3 is 1.31 bits per heavy atom. The van der Waals surface area contributed by atoms with Crippen molar-refractivity contribution in [1.29, 1.82) is 0 Å². The van der Waals surface area contributed by atoms with Crippen LogP contribution in [-0.4, -0.2) is 138 Å². The second-order valence-electron chi connectivity index (χ2n) is 9.95. The summed E-state index contributed by atoms with van der Waals surface area (Å²) >= 11 is 15.5. The molecule has 280 valence electrons. The summed E-state index contributed by atoms with van der Waals surface area (Å²) in [6.07, 6.45) is -0.0812. The first-order valence-corrected chi connectivity index (χ1v) is 16.6. The van der Waals surface area contributed by atoms with Crippen molar-refractivity contribution in [2.45, 2.75) is 68.4 Å². The highest BCUT2D eigenvalue weighted by atomic mass is 32.1. The Kier molecular flexibility index (Phi) is 24.8. The average molecular weight is 779 g/mol. The Morgan fingerprint density at radius 2 is 0.939 bits per heavy atom. The normalized spacial score (nSPS) is 14.3. The number of carboxylic acids is 5. The maximum absolute atomic E-state index is 12.1. The molecule has 0 aliphatic heterocycles. The summed E-state index contributed by atoms with van der Waals surface area (Å²) in [5.41, 5.74) is 10.8. The number of thiol groups is 4. The SMILES string of the molecule is N[C@@H](CC(C(=O)O)C(=O)O)C(=O)N[C@@H](CS)C(=O)N[C@@H](CS)C(=O)O.N[C@@H](CCCC(=O)N[C@@H](CCS)C(=O)N[C@@H](CS)C(=O)O)C(=O)O. The lowest BCUT2D eigenvalue weighted by atomic mass is 10.00. The van der Waals surface area contributed by atoms with Gasteiger partial charge in [-0.1, -0.05) is 0 Å². The van der Waals surface area contributed by atoms with E-state index < -0.39 is 102 Å². The third-order valence-electron chi connectivity index (χ3n) is 6.14. The van der Waals surface area contributed by atoms with Crippen molar-refractivity contribution < 1.29 is 68.7 Å². The molecule has 49 heavy (non-hydrogen) atoms. The molecule has 0 bridgehead atoms. The molecular weight excluding hydrogens is 737 g/mol. The van der Waals surface area contributed by atoms with E-state index in [0.29, 0.717) is 5.75 Å². The van der Waals surface area contributed by atoms with E-state index in [1.54, 1.807) is 0 Å². The summed E-state index contributed by atoms with van der Waals surface area (Å²) < 4.78 is 0. The molecule has 0 aromatic heterocycles. The van der Waals surface area contributed by atoms with Gasteiger partial charge in [0.2, 0.25) is 23.6 Å². The highest BCUT2D eigenvalue weighted by molar-refractivity contribution is 7.80. The maximum Gasteiger partial charge on any atom is 0.327 e. The topological polar surface area (TPSA) is 355 Å². The zero-order chi connectivity index (χ0) is 38.4. The fourth-order valence-electron chi connectivity index (χ4n) is 3.33. The molecule has 13 N–H and O–H groups in total. The second kappa shape index (κ2) is 25.5. The summed E-state index contributed by atoms with van der Waals surface area (Å²) in [6, 6.07) is -7.17. The van der Waals surface area contributed by atoms with Gasteiger partial charge in [0.15, 0.2) is 5.92 Å². The highest BCUT2D eigenvalue weighted by Crippen LogP contribution is 2.08. The molecule has 0 fully saturated rings. The van der Waals surface area contributed by atoms with Gasteiger partial charge in [-0.25, -0.2) is 9.59 Å². The molecule has 0 heterocycles. The predicted molar refractivity (Wildman–Crippen MR) is 184 cm³/mol. The number of nitrogens with one attached hydrogen (secondary N) is 4. The molecule has 0 rings (SSSR count). The van der Waals surface area contributed by atoms with Crippen LogP contribution in [0.3, 0.4) is 0 Å². The number of carbonyl (C=O) groups excluding carboxylic acids is 4. The summed E-state index contributed by atoms with van der Waals surface area (Å²) in [6.45, 7) is 0. The van der Waals surface area contributed by atoms with E-state index >= 15 is 0 Å². The van der Waals surface area contributed by atoms with Crippen LogP contribution in [0.1, 0.15) is 32.1 Å². The molecule has 24 heteroatoms. The number of nitrogens with two attached hydrogens (primary N) is 2. The van der Waals surface area contributed by atoms with E-state index in [1.807, 2.05) is 0 Å². The summed E-state index contributed by atoms with van der Waals surface area (Å²) in [4.78, 5) is 102. The first-order valence-electron chi connectivity index (χ1n) is 14.1. The minimum atomic E-state index is -1.88. The van der Waals surface area contributed by atoms with Crippen LogP contribution in [0, 0.1) is 5.92 Å². The van der Waals surface area contributed by atoms with Gasteiger partial charge in [0.25, 0.3) is 0 Å². The van der Waals surface area contributed by atoms with Gasteiger partial charge in [-0.2, -0.15) is 50.5 Å². The lowest BCUT2D eigenvalue weighted by Gasteiger charge is -2.21. The molecular formula is C25H42N6O14S4. The molecule has 0 saturated carbocycles. The molecule has 0 radical (unpaired) electrons. The van der Waals surface area contributed by atoms with Gasteiger partial charge in [-0.3, -0.25) is 33.6 Å². The Bertz CT molecular complexity index is 1170. The van der Waals surface area contributed by atoms with Gasteiger partial charge in [0.05, 0.1) is 6.04 Å². The van der Waals surface area contributed by atoms with Gasteiger partial charge in [-0.15, -0.1) is 0 Å². The van der Waals surface area contributed by atoms with Crippen LogP contribution < -0.4 is 32.7 Å². The summed E-state index contributed by atoms with van der Waals surface area (Å²) in [7, 11) is 0. The largest absolute Gasteiger partial charge is 0.481 e. The predicted octanol–water partition coefficient (Wildman–Crippen LogP) is -3.72. The van der Waals surface area contributed by atoms with Crippen molar-refractivity contribution in [2.24, 2.45) is 17.4 Å². The van der Waals surface area contributed by atoms with Gasteiger partial charge < -0.3 is 58.3 Å². The molecule has 0 aliphatic rings. The van der Waals surface area contributed by atoms with Crippen LogP contribution >= 0.6 is 50.5 Å². The van der Waals surface area contributed by atoms with E-state index in [9.17, 15) is 43.2 Å². The number of hydrogen-bond donors (Lipinski definition) is 15. The smallest absolute Gasteiger partial charge is 0.327 e. The molecule has 20 nitrogen and oxygen atoms in total. The zero-order valence-electron chi connectivity index (χ0n) is 25.8. The molecule has 6 atom stereocenters. The molecule has 0 aliphatic carbocycles. The lowest BCUT2D eigenvalue weighted by molar-refractivity contribution is -0.155. The quantitative estimate of drug-likeness (QED) is 0.0350. The lowest BCUT2D eigenvalue weighted by Crippen LogP contribution is -2.56. The summed E-state index contributed by atoms with van der Waals surface area (Å²) in [5, 5.41) is 53.0. The molecule has 0 aromatic rings. The fraction of sp³-hybridized carbons (Fsp3) is 0.640. The Balaban J connectivity index is 0. The number of rotatable bonds is 23. The Hall–Kier alpha value is -3.45. The van der Waals surface area contributed by atoms with Gasteiger partial charge in [0.1, 0.15) is 30.2 Å². The monoisotopic (exact) mass is 778 g/mol. The van der Waals surface area contributed by atoms with E-state index in [-0.39, 0.29) is 42.9 Å². The number of aliphatic carboxylic acids is 5. The van der Waals surface area contributed by atoms with Crippen LogP contribution in [0.15, 0.2) is 0 Å². The van der Waals surface area contributed by atoms with E-state index in [0.717, 1.165) is 0 Å². The summed E-state index contributed by atoms with van der Waals surface area (Å²) in [5.74, 6) is -12.0. The van der Waals surface area contributed by atoms with Crippen molar-refractivity contribution in [3.8, 4) is 0 Å². The Morgan fingerprint density at radius 1 is 0.510 bits per heavy atom. The highest BCUT2D eigenvalue weighted by Gasteiger charge is 2.32. The van der Waals surface area contributed by atoms with Crippen LogP contribution in [-0.2, 0) is 43.2 Å². The number of amides is 4. The minimum absolute atomic E-state index is 0.00621. The molecule has 0 saturated heterocycles. The Labute approximate surface area is 301 Å². The molecule has 0 spiro atoms. The van der Waals surface area contributed by atoms with Crippen molar-refractivity contribution in [3.05, 3.63) is 0 Å². The number of carbonyl (C=O) groups is 9. The van der Waals surface area contributed by atoms with Crippen molar-refractivity contribution >= 4 is 104 Å². The fourth-order valence-corrected chi connectivity index (χ4v) is 4.34. The molecule has 4 amide bonds. The first-order chi connectivity index (χ1) is 22.8. The third-order valence-corrected chi connectivity index (χ3v) is 7.49. The van der Waals surface area contributed by atoms with E-state index in [2.05, 4.69) is 71.8 Å². The number of hydrogen-bond acceptors (Lipinski definition) is 15. The van der Waals surface area contributed by atoms with E-state index in [4.69, 9.17) is 37.0 Å². The standard InChI is InChI=1S/C13H23N3O6S2.C12H19N3O8S2/c14-7(12(19)20)2-1-3-10(17)15-8(4-5-23)11(18)16-9(6-24)13(21)22;13-5(1-4(10(18)19)11(20)21)8(16)14-6(2-24)9(17)15-7(3-25)12(22)23/h7-9,23-24H,1-6,14H2,(H,15,17)(H,16,18)(H,19,20)(H,21,22);4-7,24-25H,1-3,13H2,(H,14,16)(H,15,17)(H,18,19)(H,20,21)(H,22,23)/t7-,8-,9-;5-,6-,7-/m00/s1.